The van der Waals surface area contributed by atoms with Gasteiger partial charge < -0.3 is 9.15 Å². The summed E-state index contributed by atoms with van der Waals surface area (Å²) in [6, 6.07) is 63.9. The number of aromatic nitrogens is 2. The SMILES string of the molecule is C1=C(c2ccccc2)OC(c2cc(-c3nnc(-c4ccccc4)o3)cc(-c3cc(-c4ccccc4)c4c(c3-c3ccccc3)-c3cccc5cccc-4c35)c2)=NCCC1. The monoisotopic (exact) mass is 759 g/mol. The van der Waals surface area contributed by atoms with Gasteiger partial charge in [-0.05, 0) is 122 Å². The molecule has 0 unspecified atom stereocenters. The van der Waals surface area contributed by atoms with Crippen molar-refractivity contribution in [2.24, 2.45) is 4.99 Å². The smallest absolute Gasteiger partial charge is 0.248 e. The average molecular weight is 760 g/mol. The van der Waals surface area contributed by atoms with E-state index in [-0.39, 0.29) is 0 Å². The topological polar surface area (TPSA) is 60.5 Å². The first-order chi connectivity index (χ1) is 29.3. The van der Waals surface area contributed by atoms with Crippen LogP contribution < -0.4 is 0 Å². The first-order valence-corrected chi connectivity index (χ1v) is 20.1. The molecule has 0 bridgehead atoms. The summed E-state index contributed by atoms with van der Waals surface area (Å²) in [6.07, 6.45) is 3.97. The van der Waals surface area contributed by atoms with Crippen LogP contribution in [0.5, 0.6) is 0 Å². The third-order valence-corrected chi connectivity index (χ3v) is 11.3. The fraction of sp³-hybridized carbons (Fsp3) is 0.0556. The lowest BCUT2D eigenvalue weighted by atomic mass is 9.82. The molecular weight excluding hydrogens is 723 g/mol. The van der Waals surface area contributed by atoms with Crippen molar-refractivity contribution in [3.63, 3.8) is 0 Å². The standard InChI is InChI=1S/C54H37N3O2/c1-5-17-35(18-6-1)45-34-46(49(38-21-9-3-10-22-38)51-44-28-16-26-37-25-15-27-43(48(37)44)50(45)51)40-31-41(52-55-30-14-13-29-47(58-52)36-19-7-2-8-20-36)33-42(32-40)54-57-56-53(59-54)39-23-11-4-12-24-39/h1-12,15-29,31-34H,13-14,30H2. The Labute approximate surface area is 342 Å². The highest BCUT2D eigenvalue weighted by atomic mass is 16.5. The van der Waals surface area contributed by atoms with E-state index in [1.165, 1.54) is 38.6 Å². The van der Waals surface area contributed by atoms with Crippen LogP contribution in [0.1, 0.15) is 24.0 Å². The number of hydrogen-bond acceptors (Lipinski definition) is 5. The van der Waals surface area contributed by atoms with Gasteiger partial charge in [0, 0.05) is 28.8 Å². The number of rotatable bonds is 7. The normalized spacial score (nSPS) is 13.2. The molecule has 0 saturated heterocycles. The van der Waals surface area contributed by atoms with Crippen LogP contribution in [0.25, 0.3) is 95.1 Å². The largest absolute Gasteiger partial charge is 0.438 e. The Morgan fingerprint density at radius 2 is 0.966 bits per heavy atom. The molecule has 0 fully saturated rings. The number of hydrogen-bond donors (Lipinski definition) is 0. The Morgan fingerprint density at radius 3 is 1.66 bits per heavy atom. The molecule has 1 aliphatic carbocycles. The minimum absolute atomic E-state index is 0.417. The van der Waals surface area contributed by atoms with Crippen molar-refractivity contribution in [2.45, 2.75) is 12.8 Å². The van der Waals surface area contributed by atoms with E-state index in [1.807, 2.05) is 48.5 Å². The Kier molecular flexibility index (Phi) is 8.63. The second-order valence-corrected chi connectivity index (χ2v) is 15.0. The van der Waals surface area contributed by atoms with E-state index in [9.17, 15) is 0 Å². The van der Waals surface area contributed by atoms with Gasteiger partial charge in [-0.3, -0.25) is 4.99 Å². The first kappa shape index (κ1) is 34.6. The van der Waals surface area contributed by atoms with Crippen LogP contribution in [0.4, 0.5) is 0 Å². The maximum Gasteiger partial charge on any atom is 0.248 e. The zero-order valence-electron chi connectivity index (χ0n) is 32.2. The molecule has 0 amide bonds. The number of allylic oxidation sites excluding steroid dienone is 1. The molecule has 280 valence electrons. The minimum Gasteiger partial charge on any atom is -0.438 e. The summed E-state index contributed by atoms with van der Waals surface area (Å²) in [5.74, 6) is 2.22. The van der Waals surface area contributed by atoms with Gasteiger partial charge >= 0.3 is 0 Å². The van der Waals surface area contributed by atoms with Gasteiger partial charge in [0.1, 0.15) is 5.76 Å². The predicted octanol–water partition coefficient (Wildman–Crippen LogP) is 13.8. The van der Waals surface area contributed by atoms with E-state index in [0.29, 0.717) is 24.2 Å². The van der Waals surface area contributed by atoms with Gasteiger partial charge in [0.05, 0.1) is 0 Å². The van der Waals surface area contributed by atoms with Crippen molar-refractivity contribution in [3.05, 3.63) is 199 Å². The zero-order chi connectivity index (χ0) is 39.1. The molecule has 9 aromatic rings. The molecule has 5 heteroatoms. The summed E-state index contributed by atoms with van der Waals surface area (Å²) < 4.78 is 13.3. The number of aliphatic imine (C=N–C) groups is 1. The Balaban J connectivity index is 1.20. The van der Waals surface area contributed by atoms with Crippen LogP contribution in [0.2, 0.25) is 0 Å². The molecule has 0 N–H and O–H groups in total. The summed E-state index contributed by atoms with van der Waals surface area (Å²) in [6.45, 7) is 0.640. The molecule has 2 heterocycles. The van der Waals surface area contributed by atoms with Crippen molar-refractivity contribution < 1.29 is 9.15 Å². The Hall–Kier alpha value is -7.63. The molecular formula is C54H37N3O2. The van der Waals surface area contributed by atoms with Gasteiger partial charge in [-0.1, -0.05) is 146 Å². The highest BCUT2D eigenvalue weighted by molar-refractivity contribution is 6.23. The van der Waals surface area contributed by atoms with Crippen molar-refractivity contribution in [2.75, 3.05) is 6.54 Å². The van der Waals surface area contributed by atoms with Crippen molar-refractivity contribution >= 4 is 22.4 Å². The molecule has 0 radical (unpaired) electrons. The quantitative estimate of drug-likeness (QED) is 0.162. The number of nitrogens with zero attached hydrogens (tertiary/aromatic N) is 3. The fourth-order valence-corrected chi connectivity index (χ4v) is 8.65. The maximum absolute atomic E-state index is 6.83. The third kappa shape index (κ3) is 6.25. The maximum atomic E-state index is 6.83. The van der Waals surface area contributed by atoms with Crippen LogP contribution in [-0.2, 0) is 4.74 Å². The Morgan fingerprint density at radius 1 is 0.407 bits per heavy atom. The third-order valence-electron chi connectivity index (χ3n) is 11.3. The van der Waals surface area contributed by atoms with Gasteiger partial charge in [-0.2, -0.15) is 0 Å². The van der Waals surface area contributed by atoms with Gasteiger partial charge in [0.2, 0.25) is 17.7 Å². The molecule has 0 spiro atoms. The van der Waals surface area contributed by atoms with Gasteiger partial charge in [0.15, 0.2) is 0 Å². The van der Waals surface area contributed by atoms with Crippen LogP contribution in [0, 0.1) is 0 Å². The van der Waals surface area contributed by atoms with Crippen LogP contribution in [0.3, 0.4) is 0 Å². The number of benzene rings is 8. The van der Waals surface area contributed by atoms with E-state index < -0.39 is 0 Å². The Bertz CT molecular complexity index is 3070. The second kappa shape index (κ2) is 14.7. The second-order valence-electron chi connectivity index (χ2n) is 15.0. The van der Waals surface area contributed by atoms with E-state index in [0.717, 1.165) is 68.7 Å². The first-order valence-electron chi connectivity index (χ1n) is 20.1. The zero-order valence-corrected chi connectivity index (χ0v) is 32.2. The summed E-state index contributed by atoms with van der Waals surface area (Å²) in [7, 11) is 0. The fourth-order valence-electron chi connectivity index (χ4n) is 8.65. The summed E-state index contributed by atoms with van der Waals surface area (Å²) in [5, 5.41) is 11.6. The van der Waals surface area contributed by atoms with Crippen LogP contribution in [-0.4, -0.2) is 22.6 Å². The summed E-state index contributed by atoms with van der Waals surface area (Å²) >= 11 is 0. The number of ether oxygens (including phenoxy) is 1. The summed E-state index contributed by atoms with van der Waals surface area (Å²) in [5.41, 5.74) is 15.1. The van der Waals surface area contributed by atoms with E-state index in [4.69, 9.17) is 14.1 Å². The van der Waals surface area contributed by atoms with Crippen LogP contribution in [0.15, 0.2) is 197 Å². The molecule has 59 heavy (non-hydrogen) atoms. The predicted molar refractivity (Wildman–Crippen MR) is 240 cm³/mol. The van der Waals surface area contributed by atoms with Crippen molar-refractivity contribution in [3.8, 4) is 78.5 Å². The van der Waals surface area contributed by atoms with Crippen molar-refractivity contribution in [1.29, 1.82) is 0 Å². The van der Waals surface area contributed by atoms with E-state index in [2.05, 4.69) is 150 Å². The lowest BCUT2D eigenvalue weighted by Crippen LogP contribution is -2.10. The van der Waals surface area contributed by atoms with Gasteiger partial charge in [-0.15, -0.1) is 10.2 Å². The van der Waals surface area contributed by atoms with Crippen molar-refractivity contribution in [1.82, 2.24) is 10.2 Å². The molecule has 0 atom stereocenters. The average Bonchev–Trinajstić information content (AvgIpc) is 3.92. The van der Waals surface area contributed by atoms with E-state index >= 15 is 0 Å². The molecule has 1 aliphatic heterocycles. The van der Waals surface area contributed by atoms with E-state index in [1.54, 1.807) is 0 Å². The highest BCUT2D eigenvalue weighted by Gasteiger charge is 2.31. The lowest BCUT2D eigenvalue weighted by Gasteiger charge is -2.22. The molecule has 8 aromatic carbocycles. The molecule has 0 saturated carbocycles. The molecule has 1 aromatic heterocycles. The number of fused-ring (bicyclic) bond motifs is 3. The van der Waals surface area contributed by atoms with Gasteiger partial charge in [-0.25, -0.2) is 0 Å². The molecule has 11 rings (SSSR count). The minimum atomic E-state index is 0.417. The molecule has 2 aliphatic rings. The van der Waals surface area contributed by atoms with Crippen LogP contribution >= 0.6 is 0 Å². The highest BCUT2D eigenvalue weighted by Crippen LogP contribution is 2.57. The summed E-state index contributed by atoms with van der Waals surface area (Å²) in [4.78, 5) is 5.10. The molecule has 5 nitrogen and oxygen atoms in total. The lowest BCUT2D eigenvalue weighted by molar-refractivity contribution is 0.497. The van der Waals surface area contributed by atoms with Gasteiger partial charge in [0.25, 0.3) is 0 Å².